The van der Waals surface area contributed by atoms with Crippen LogP contribution < -0.4 is 5.32 Å². The van der Waals surface area contributed by atoms with E-state index in [4.69, 9.17) is 4.42 Å². The Morgan fingerprint density at radius 1 is 0.875 bits per heavy atom. The average Bonchev–Trinajstić information content (AvgIpc) is 3.25. The first-order valence-corrected chi connectivity index (χ1v) is 10.9. The van der Waals surface area contributed by atoms with Gasteiger partial charge in [-0.3, -0.25) is 9.59 Å². The summed E-state index contributed by atoms with van der Waals surface area (Å²) >= 11 is 0. The fourth-order valence-electron chi connectivity index (χ4n) is 4.12. The Morgan fingerprint density at radius 2 is 1.50 bits per heavy atom. The molecule has 4 rings (SSSR count). The van der Waals surface area contributed by atoms with Crippen LogP contribution in [0.15, 0.2) is 40.8 Å². The van der Waals surface area contributed by atoms with Crippen molar-refractivity contribution in [2.24, 2.45) is 0 Å². The number of carbonyl (C=O) groups is 3. The summed E-state index contributed by atoms with van der Waals surface area (Å²) in [4.78, 5) is 42.7. The Morgan fingerprint density at radius 3 is 2.12 bits per heavy atom. The number of benzene rings is 1. The number of amides is 4. The predicted molar refractivity (Wildman–Crippen MR) is 115 cm³/mol. The Balaban J connectivity index is 1.22. The van der Waals surface area contributed by atoms with Gasteiger partial charge < -0.3 is 24.4 Å². The number of nitrogens with one attached hydrogen (secondary N) is 1. The largest absolute Gasteiger partial charge is 0.456 e. The summed E-state index contributed by atoms with van der Waals surface area (Å²) in [5.74, 6) is 0.00306. The summed E-state index contributed by atoms with van der Waals surface area (Å²) in [5, 5.41) is 3.03. The van der Waals surface area contributed by atoms with Crippen molar-refractivity contribution >= 4 is 17.8 Å². The molecule has 2 saturated heterocycles. The van der Waals surface area contributed by atoms with Crippen LogP contribution in [0, 0.1) is 12.7 Å². The molecular formula is C23H27FN4O4. The molecule has 4 amide bonds. The first kappa shape index (κ1) is 21.9. The molecule has 0 radical (unpaired) electrons. The summed E-state index contributed by atoms with van der Waals surface area (Å²) in [5.41, 5.74) is 0.0760. The van der Waals surface area contributed by atoms with Gasteiger partial charge in [0.1, 0.15) is 11.6 Å². The number of hydrogen-bond acceptors (Lipinski definition) is 4. The summed E-state index contributed by atoms with van der Waals surface area (Å²) in [6, 6.07) is 9.19. The van der Waals surface area contributed by atoms with Crippen molar-refractivity contribution in [2.75, 3.05) is 39.3 Å². The van der Waals surface area contributed by atoms with Crippen LogP contribution in [-0.4, -0.2) is 77.9 Å². The lowest BCUT2D eigenvalue weighted by molar-refractivity contribution is 0.0622. The third-order valence-corrected chi connectivity index (χ3v) is 6.02. The monoisotopic (exact) mass is 442 g/mol. The number of furan rings is 1. The zero-order valence-electron chi connectivity index (χ0n) is 18.1. The van der Waals surface area contributed by atoms with Crippen LogP contribution in [0.1, 0.15) is 39.5 Å². The van der Waals surface area contributed by atoms with Gasteiger partial charge >= 0.3 is 6.03 Å². The van der Waals surface area contributed by atoms with Gasteiger partial charge in [0.05, 0.1) is 5.56 Å². The molecule has 8 nitrogen and oxygen atoms in total. The number of carbonyl (C=O) groups excluding carboxylic acids is 3. The lowest BCUT2D eigenvalue weighted by atomic mass is 10.0. The normalized spacial score (nSPS) is 17.4. The highest BCUT2D eigenvalue weighted by molar-refractivity contribution is 5.94. The summed E-state index contributed by atoms with van der Waals surface area (Å²) in [6.07, 6.45) is 1.23. The van der Waals surface area contributed by atoms with E-state index in [9.17, 15) is 18.8 Å². The number of likely N-dealkylation sites (tertiary alicyclic amines) is 1. The zero-order valence-corrected chi connectivity index (χ0v) is 18.1. The highest BCUT2D eigenvalue weighted by Crippen LogP contribution is 2.17. The fraction of sp³-hybridized carbons (Fsp3) is 0.435. The molecule has 0 unspecified atom stereocenters. The molecule has 0 atom stereocenters. The molecule has 1 aromatic carbocycles. The van der Waals surface area contributed by atoms with Crippen molar-refractivity contribution in [3.05, 3.63) is 59.3 Å². The second-order valence-corrected chi connectivity index (χ2v) is 8.19. The van der Waals surface area contributed by atoms with Gasteiger partial charge in [0.2, 0.25) is 0 Å². The van der Waals surface area contributed by atoms with Crippen LogP contribution in [0.2, 0.25) is 0 Å². The van der Waals surface area contributed by atoms with Crippen molar-refractivity contribution < 1.29 is 23.2 Å². The topological polar surface area (TPSA) is 86.1 Å². The third-order valence-electron chi connectivity index (χ3n) is 6.02. The number of halogens is 1. The Labute approximate surface area is 185 Å². The highest BCUT2D eigenvalue weighted by Gasteiger charge is 2.29. The molecule has 2 aliphatic heterocycles. The maximum absolute atomic E-state index is 13.9. The summed E-state index contributed by atoms with van der Waals surface area (Å²) in [6.45, 7) is 4.50. The minimum absolute atomic E-state index is 0.0436. The number of rotatable bonds is 3. The second kappa shape index (κ2) is 9.42. The molecule has 0 bridgehead atoms. The molecule has 0 saturated carbocycles. The van der Waals surface area contributed by atoms with Crippen LogP contribution in [0.25, 0.3) is 0 Å². The molecule has 0 aliphatic carbocycles. The summed E-state index contributed by atoms with van der Waals surface area (Å²) < 4.78 is 19.3. The minimum Gasteiger partial charge on any atom is -0.456 e. The second-order valence-electron chi connectivity index (χ2n) is 8.19. The van der Waals surface area contributed by atoms with Gasteiger partial charge in [-0.05, 0) is 44.0 Å². The molecule has 3 heterocycles. The van der Waals surface area contributed by atoms with Gasteiger partial charge in [0, 0.05) is 45.3 Å². The van der Waals surface area contributed by atoms with Crippen molar-refractivity contribution in [2.45, 2.75) is 25.8 Å². The van der Waals surface area contributed by atoms with Gasteiger partial charge in [-0.15, -0.1) is 0 Å². The van der Waals surface area contributed by atoms with E-state index >= 15 is 0 Å². The zero-order chi connectivity index (χ0) is 22.7. The number of aryl methyl sites for hydroxylation is 1. The molecule has 1 N–H and O–H groups in total. The molecule has 32 heavy (non-hydrogen) atoms. The summed E-state index contributed by atoms with van der Waals surface area (Å²) in [7, 11) is 0. The molecule has 2 aromatic rings. The van der Waals surface area contributed by atoms with Gasteiger partial charge in [0.25, 0.3) is 11.8 Å². The Kier molecular flexibility index (Phi) is 6.43. The van der Waals surface area contributed by atoms with Gasteiger partial charge in [-0.1, -0.05) is 12.1 Å². The van der Waals surface area contributed by atoms with Gasteiger partial charge in [-0.25, -0.2) is 9.18 Å². The Hall–Kier alpha value is -3.36. The van der Waals surface area contributed by atoms with E-state index in [-0.39, 0.29) is 29.5 Å². The predicted octanol–water partition coefficient (Wildman–Crippen LogP) is 2.50. The van der Waals surface area contributed by atoms with E-state index in [1.807, 2.05) is 0 Å². The van der Waals surface area contributed by atoms with E-state index in [1.54, 1.807) is 45.9 Å². The first-order chi connectivity index (χ1) is 15.4. The van der Waals surface area contributed by atoms with E-state index in [0.717, 1.165) is 0 Å². The van der Waals surface area contributed by atoms with Crippen LogP contribution in [-0.2, 0) is 0 Å². The quantitative estimate of drug-likeness (QED) is 0.792. The van der Waals surface area contributed by atoms with Crippen molar-refractivity contribution in [3.8, 4) is 0 Å². The van der Waals surface area contributed by atoms with E-state index in [2.05, 4.69) is 5.32 Å². The van der Waals surface area contributed by atoms with Crippen molar-refractivity contribution in [1.29, 1.82) is 0 Å². The number of piperazine rings is 1. The van der Waals surface area contributed by atoms with Crippen LogP contribution in [0.5, 0.6) is 0 Å². The van der Waals surface area contributed by atoms with Crippen LogP contribution in [0.4, 0.5) is 9.18 Å². The molecule has 0 spiro atoms. The van der Waals surface area contributed by atoms with E-state index < -0.39 is 5.82 Å². The SMILES string of the molecule is Cc1ccc(C(=O)N2CCN(C(=O)NC3CCN(C(=O)c4ccccc4F)CC3)CC2)o1. The van der Waals surface area contributed by atoms with Crippen molar-refractivity contribution in [3.63, 3.8) is 0 Å². The van der Waals surface area contributed by atoms with Crippen molar-refractivity contribution in [1.82, 2.24) is 20.0 Å². The van der Waals surface area contributed by atoms with Crippen LogP contribution in [0.3, 0.4) is 0 Å². The smallest absolute Gasteiger partial charge is 0.317 e. The number of nitrogens with zero attached hydrogens (tertiary/aromatic N) is 3. The molecular weight excluding hydrogens is 415 g/mol. The third kappa shape index (κ3) is 4.76. The lowest BCUT2D eigenvalue weighted by Crippen LogP contribution is -2.55. The number of urea groups is 1. The first-order valence-electron chi connectivity index (χ1n) is 10.9. The lowest BCUT2D eigenvalue weighted by Gasteiger charge is -2.37. The maximum atomic E-state index is 13.9. The number of piperidine rings is 1. The molecule has 2 aliphatic rings. The van der Waals surface area contributed by atoms with Crippen LogP contribution >= 0.6 is 0 Å². The molecule has 9 heteroatoms. The fourth-order valence-corrected chi connectivity index (χ4v) is 4.12. The molecule has 170 valence electrons. The molecule has 1 aromatic heterocycles. The highest BCUT2D eigenvalue weighted by atomic mass is 19.1. The van der Waals surface area contributed by atoms with E-state index in [1.165, 1.54) is 12.1 Å². The van der Waals surface area contributed by atoms with Gasteiger partial charge in [-0.2, -0.15) is 0 Å². The minimum atomic E-state index is -0.521. The standard InChI is InChI=1S/C23H27FN4O4/c1-16-6-7-20(32-16)22(30)27-12-14-28(15-13-27)23(31)25-17-8-10-26(11-9-17)21(29)18-4-2-3-5-19(18)24/h2-7,17H,8-15H2,1H3,(H,25,31). The maximum Gasteiger partial charge on any atom is 0.317 e. The Bertz CT molecular complexity index is 991. The van der Waals surface area contributed by atoms with E-state index in [0.29, 0.717) is 63.6 Å². The molecule has 2 fully saturated rings. The van der Waals surface area contributed by atoms with Gasteiger partial charge in [0.15, 0.2) is 5.76 Å². The number of hydrogen-bond donors (Lipinski definition) is 1. The average molecular weight is 442 g/mol.